The first kappa shape index (κ1) is 37.8. The van der Waals surface area contributed by atoms with E-state index in [1.165, 1.54) is 4.90 Å². The van der Waals surface area contributed by atoms with Crippen LogP contribution in [0.3, 0.4) is 0 Å². The molecule has 1 aromatic carbocycles. The Hall–Kier alpha value is -3.02. The summed E-state index contributed by atoms with van der Waals surface area (Å²) < 4.78 is 13.0. The van der Waals surface area contributed by atoms with Crippen LogP contribution in [0, 0.1) is 17.8 Å². The Morgan fingerprint density at radius 3 is 2.50 bits per heavy atom. The number of hydrogen-bond donors (Lipinski definition) is 2. The molecule has 1 aromatic rings. The first-order valence-electron chi connectivity index (χ1n) is 17.3. The Balaban J connectivity index is 1.72. The topological polar surface area (TPSA) is 125 Å². The number of aliphatic hydroxyl groups is 1. The lowest BCUT2D eigenvalue weighted by molar-refractivity contribution is -0.162. The van der Waals surface area contributed by atoms with E-state index in [-0.39, 0.29) is 41.5 Å². The number of esters is 1. The molecule has 48 heavy (non-hydrogen) atoms. The molecule has 3 heterocycles. The largest absolute Gasteiger partial charge is 0.455 e. The number of unbranched alkanes of at least 4 members (excludes halogenated alkanes) is 2. The van der Waals surface area contributed by atoms with E-state index in [9.17, 15) is 24.3 Å². The molecule has 0 saturated carbocycles. The zero-order chi connectivity index (χ0) is 35.2. The second-order valence-electron chi connectivity index (χ2n) is 13.6. The Kier molecular flexibility index (Phi) is 13.1. The van der Waals surface area contributed by atoms with Crippen molar-refractivity contribution in [1.29, 1.82) is 0 Å². The molecular weight excluding hydrogens is 678 g/mol. The number of hydrogen-bond acceptors (Lipinski definition) is 7. The molecule has 0 aromatic heterocycles. The van der Waals surface area contributed by atoms with Gasteiger partial charge in [0.1, 0.15) is 17.7 Å². The van der Waals surface area contributed by atoms with Crippen LogP contribution in [0.1, 0.15) is 77.9 Å². The van der Waals surface area contributed by atoms with Gasteiger partial charge in [-0.3, -0.25) is 19.2 Å². The molecular formula is C37H52BrN3O7. The van der Waals surface area contributed by atoms with Gasteiger partial charge in [-0.05, 0) is 37.7 Å². The minimum atomic E-state index is -1.30. The van der Waals surface area contributed by atoms with Gasteiger partial charge in [0.25, 0.3) is 0 Å². The number of likely N-dealkylation sites (tertiary alicyclic amines) is 1. The minimum absolute atomic E-state index is 0.173. The summed E-state index contributed by atoms with van der Waals surface area (Å²) in [5.74, 6) is -3.66. The Labute approximate surface area is 293 Å². The summed E-state index contributed by atoms with van der Waals surface area (Å²) in [6, 6.07) is 6.89. The normalized spacial score (nSPS) is 27.7. The number of alkyl halides is 1. The van der Waals surface area contributed by atoms with Crippen molar-refractivity contribution in [2.24, 2.45) is 17.8 Å². The third-order valence-electron chi connectivity index (χ3n) is 10.0. The molecule has 264 valence electrons. The van der Waals surface area contributed by atoms with Gasteiger partial charge in [-0.2, -0.15) is 0 Å². The summed E-state index contributed by atoms with van der Waals surface area (Å²) in [4.78, 5) is 59.2. The lowest BCUT2D eigenvalue weighted by Crippen LogP contribution is -2.60. The number of amides is 3. The molecule has 2 N–H and O–H groups in total. The molecule has 9 atom stereocenters. The van der Waals surface area contributed by atoms with E-state index in [0.717, 1.165) is 19.3 Å². The summed E-state index contributed by atoms with van der Waals surface area (Å²) in [7, 11) is 0. The van der Waals surface area contributed by atoms with Crippen LogP contribution in [0.5, 0.6) is 0 Å². The lowest BCUT2D eigenvalue weighted by Gasteiger charge is -2.40. The van der Waals surface area contributed by atoms with Gasteiger partial charge < -0.3 is 29.7 Å². The van der Waals surface area contributed by atoms with Gasteiger partial charge in [-0.25, -0.2) is 0 Å². The molecule has 4 rings (SSSR count). The number of aliphatic hydroxyl groups excluding tert-OH is 1. The highest BCUT2D eigenvalue weighted by molar-refractivity contribution is 9.09. The van der Waals surface area contributed by atoms with Crippen LogP contribution in [0.4, 0.5) is 0 Å². The van der Waals surface area contributed by atoms with Crippen molar-refractivity contribution < 1.29 is 33.8 Å². The predicted octanol–water partition coefficient (Wildman–Crippen LogP) is 4.71. The Morgan fingerprint density at radius 2 is 1.90 bits per heavy atom. The van der Waals surface area contributed by atoms with Gasteiger partial charge in [-0.15, -0.1) is 13.2 Å². The standard InChI is InChI=1S/C37H52BrN3O7/c1-7-10-15-20-40(19-9-3)35(45)33-37-21-26(38)32(48-37)29(30(37)34(44)41(33)27(22-42)23(4)5)36(46)47-31(25-16-13-12-14-17-25)24(6)39-28(43)18-11-8-2/h8-9,12-14,16-17,23-24,26-27,29-33,42H,2-3,7,10-11,15,18-22H2,1,4-6H3,(H,39,43)/t24-,26?,27-,29+,30-,31-,32+,33+,37-/m0/s1. The second kappa shape index (κ2) is 16.6. The molecule has 3 aliphatic rings. The van der Waals surface area contributed by atoms with Crippen LogP contribution >= 0.6 is 15.9 Å². The maximum Gasteiger partial charge on any atom is 0.313 e. The highest BCUT2D eigenvalue weighted by atomic mass is 79.9. The van der Waals surface area contributed by atoms with Gasteiger partial charge in [0.05, 0.1) is 36.6 Å². The molecule has 10 nitrogen and oxygen atoms in total. The van der Waals surface area contributed by atoms with Crippen LogP contribution in [0.15, 0.2) is 55.6 Å². The van der Waals surface area contributed by atoms with Gasteiger partial charge in [-0.1, -0.05) is 92.0 Å². The molecule has 3 fully saturated rings. The minimum Gasteiger partial charge on any atom is -0.455 e. The molecule has 1 unspecified atom stereocenters. The van der Waals surface area contributed by atoms with Gasteiger partial charge in [0.2, 0.25) is 17.7 Å². The second-order valence-corrected chi connectivity index (χ2v) is 14.8. The van der Waals surface area contributed by atoms with E-state index in [0.29, 0.717) is 31.5 Å². The molecule has 3 aliphatic heterocycles. The molecule has 3 saturated heterocycles. The van der Waals surface area contributed by atoms with E-state index in [4.69, 9.17) is 9.47 Å². The number of halogens is 1. The number of fused-ring (bicyclic) bond motifs is 1. The fourth-order valence-electron chi connectivity index (χ4n) is 7.71. The molecule has 11 heteroatoms. The molecule has 0 aliphatic carbocycles. The lowest BCUT2D eigenvalue weighted by atomic mass is 9.70. The summed E-state index contributed by atoms with van der Waals surface area (Å²) >= 11 is 3.73. The molecule has 2 bridgehead atoms. The quantitative estimate of drug-likeness (QED) is 0.0971. The van der Waals surface area contributed by atoms with Crippen molar-refractivity contribution in [2.75, 3.05) is 19.7 Å². The summed E-state index contributed by atoms with van der Waals surface area (Å²) in [6.45, 7) is 15.7. The van der Waals surface area contributed by atoms with Crippen LogP contribution in [-0.4, -0.2) is 93.0 Å². The van der Waals surface area contributed by atoms with Crippen LogP contribution in [0.2, 0.25) is 0 Å². The number of carbonyl (C=O) groups excluding carboxylic acids is 4. The number of nitrogens with zero attached hydrogens (tertiary/aromatic N) is 2. The fraction of sp³-hybridized carbons (Fsp3) is 0.622. The molecule has 1 spiro atoms. The smallest absolute Gasteiger partial charge is 0.313 e. The van der Waals surface area contributed by atoms with Gasteiger partial charge >= 0.3 is 5.97 Å². The van der Waals surface area contributed by atoms with Crippen molar-refractivity contribution >= 4 is 39.6 Å². The van der Waals surface area contributed by atoms with Crippen LogP contribution < -0.4 is 5.32 Å². The summed E-state index contributed by atoms with van der Waals surface area (Å²) in [5, 5.41) is 13.5. The van der Waals surface area contributed by atoms with Crippen LogP contribution in [0.25, 0.3) is 0 Å². The van der Waals surface area contributed by atoms with Crippen LogP contribution in [-0.2, 0) is 28.7 Å². The zero-order valence-electron chi connectivity index (χ0n) is 28.7. The van der Waals surface area contributed by atoms with Gasteiger partial charge in [0.15, 0.2) is 0 Å². The number of carbonyl (C=O) groups is 4. The first-order chi connectivity index (χ1) is 23.0. The van der Waals surface area contributed by atoms with E-state index < -0.39 is 53.7 Å². The average molecular weight is 731 g/mol. The first-order valence-corrected chi connectivity index (χ1v) is 18.2. The van der Waals surface area contributed by atoms with E-state index >= 15 is 0 Å². The SMILES string of the molecule is C=CCCC(=O)N[C@@H](C)[C@H](OC(=O)[C@H]1[C@@H]2O[C@@]3(CC2Br)[C@@H]1C(=O)N([C@@H](CO)C(C)C)[C@@H]3C(=O)N(CC=C)CCCCC)c1ccccc1. The van der Waals surface area contributed by atoms with E-state index in [1.807, 2.05) is 44.2 Å². The average Bonchev–Trinajstić information content (AvgIpc) is 3.65. The number of allylic oxidation sites excluding steroid dienone is 1. The molecule has 3 amide bonds. The fourth-order valence-corrected chi connectivity index (χ4v) is 8.65. The maximum absolute atomic E-state index is 14.6. The van der Waals surface area contributed by atoms with Crippen molar-refractivity contribution in [3.63, 3.8) is 0 Å². The van der Waals surface area contributed by atoms with Crippen molar-refractivity contribution in [3.05, 3.63) is 61.2 Å². The summed E-state index contributed by atoms with van der Waals surface area (Å²) in [6.07, 6.45) is 5.62. The maximum atomic E-state index is 14.6. The predicted molar refractivity (Wildman–Crippen MR) is 187 cm³/mol. The Morgan fingerprint density at radius 1 is 1.19 bits per heavy atom. The van der Waals surface area contributed by atoms with E-state index in [1.54, 1.807) is 24.0 Å². The summed E-state index contributed by atoms with van der Waals surface area (Å²) in [5.41, 5.74) is -0.605. The third kappa shape index (κ3) is 7.43. The number of benzene rings is 1. The van der Waals surface area contributed by atoms with E-state index in [2.05, 4.69) is 41.3 Å². The van der Waals surface area contributed by atoms with Crippen molar-refractivity contribution in [2.45, 2.75) is 107 Å². The highest BCUT2D eigenvalue weighted by Gasteiger charge is 2.77. The highest BCUT2D eigenvalue weighted by Crippen LogP contribution is 2.61. The number of rotatable bonds is 18. The Bertz CT molecular complexity index is 1330. The molecule has 0 radical (unpaired) electrons. The van der Waals surface area contributed by atoms with Crippen molar-refractivity contribution in [3.8, 4) is 0 Å². The monoisotopic (exact) mass is 729 g/mol. The third-order valence-corrected chi connectivity index (χ3v) is 10.9. The zero-order valence-corrected chi connectivity index (χ0v) is 30.3. The van der Waals surface area contributed by atoms with Crippen molar-refractivity contribution in [1.82, 2.24) is 15.1 Å². The van der Waals surface area contributed by atoms with Gasteiger partial charge in [0, 0.05) is 24.3 Å². The number of nitrogens with one attached hydrogen (secondary N) is 1. The number of ether oxygens (including phenoxy) is 2.